The lowest BCUT2D eigenvalue weighted by atomic mass is 10.0. The number of urea groups is 1. The average molecular weight is 373 g/mol. The zero-order valence-corrected chi connectivity index (χ0v) is 16.5. The smallest absolute Gasteiger partial charge is 0.317 e. The maximum Gasteiger partial charge on any atom is 0.317 e. The van der Waals surface area contributed by atoms with E-state index in [-0.39, 0.29) is 24.0 Å². The molecule has 0 radical (unpaired) electrons. The SMILES string of the molecule is CC(=O)NC1CCCN(C(=O)NC2CCN(Cc3ccccc3C)CC2)C1. The van der Waals surface area contributed by atoms with E-state index in [2.05, 4.69) is 46.7 Å². The number of nitrogens with one attached hydrogen (secondary N) is 2. The number of carbonyl (C=O) groups is 2. The van der Waals surface area contributed by atoms with Gasteiger partial charge in [0, 0.05) is 51.7 Å². The lowest BCUT2D eigenvalue weighted by molar-refractivity contribution is -0.119. The summed E-state index contributed by atoms with van der Waals surface area (Å²) < 4.78 is 0. The van der Waals surface area contributed by atoms with Crippen molar-refractivity contribution < 1.29 is 9.59 Å². The number of carbonyl (C=O) groups excluding carboxylic acids is 2. The van der Waals surface area contributed by atoms with E-state index in [1.807, 2.05) is 4.90 Å². The molecule has 2 aliphatic heterocycles. The van der Waals surface area contributed by atoms with Crippen LogP contribution in [-0.2, 0) is 11.3 Å². The van der Waals surface area contributed by atoms with Gasteiger partial charge < -0.3 is 15.5 Å². The molecule has 3 amide bonds. The van der Waals surface area contributed by atoms with Crippen molar-refractivity contribution >= 4 is 11.9 Å². The molecule has 1 aromatic carbocycles. The summed E-state index contributed by atoms with van der Waals surface area (Å²) in [5, 5.41) is 6.14. The van der Waals surface area contributed by atoms with Crippen LogP contribution in [0.5, 0.6) is 0 Å². The van der Waals surface area contributed by atoms with Crippen LogP contribution in [0.2, 0.25) is 0 Å². The fraction of sp³-hybridized carbons (Fsp3) is 0.619. The quantitative estimate of drug-likeness (QED) is 0.852. The van der Waals surface area contributed by atoms with Crippen LogP contribution in [0.1, 0.15) is 43.7 Å². The van der Waals surface area contributed by atoms with E-state index in [1.54, 1.807) is 0 Å². The number of hydrogen-bond acceptors (Lipinski definition) is 3. The van der Waals surface area contributed by atoms with E-state index in [9.17, 15) is 9.59 Å². The first-order valence-electron chi connectivity index (χ1n) is 10.1. The number of nitrogens with zero attached hydrogens (tertiary/aromatic N) is 2. The first kappa shape index (κ1) is 19.7. The predicted octanol–water partition coefficient (Wildman–Crippen LogP) is 2.27. The van der Waals surface area contributed by atoms with Crippen LogP contribution >= 0.6 is 0 Å². The molecule has 27 heavy (non-hydrogen) atoms. The predicted molar refractivity (Wildman–Crippen MR) is 106 cm³/mol. The van der Waals surface area contributed by atoms with Crippen molar-refractivity contribution in [3.63, 3.8) is 0 Å². The molecule has 1 unspecified atom stereocenters. The molecular formula is C21H32N4O2. The largest absolute Gasteiger partial charge is 0.352 e. The highest BCUT2D eigenvalue weighted by Gasteiger charge is 2.27. The Kier molecular flexibility index (Phi) is 6.72. The minimum absolute atomic E-state index is 0.0161. The maximum atomic E-state index is 12.6. The highest BCUT2D eigenvalue weighted by atomic mass is 16.2. The van der Waals surface area contributed by atoms with E-state index in [4.69, 9.17) is 0 Å². The molecule has 0 saturated carbocycles. The number of hydrogen-bond donors (Lipinski definition) is 2. The zero-order valence-electron chi connectivity index (χ0n) is 16.5. The van der Waals surface area contributed by atoms with Crippen molar-refractivity contribution in [3.8, 4) is 0 Å². The van der Waals surface area contributed by atoms with Gasteiger partial charge in [-0.1, -0.05) is 24.3 Å². The fourth-order valence-electron chi connectivity index (χ4n) is 4.10. The summed E-state index contributed by atoms with van der Waals surface area (Å²) in [6.07, 6.45) is 3.86. The van der Waals surface area contributed by atoms with Gasteiger partial charge in [0.25, 0.3) is 0 Å². The second-order valence-corrected chi connectivity index (χ2v) is 7.91. The Morgan fingerprint density at radius 1 is 1.04 bits per heavy atom. The molecule has 2 heterocycles. The number of rotatable bonds is 4. The Morgan fingerprint density at radius 2 is 1.78 bits per heavy atom. The molecule has 2 fully saturated rings. The number of benzene rings is 1. The van der Waals surface area contributed by atoms with Gasteiger partial charge >= 0.3 is 6.03 Å². The van der Waals surface area contributed by atoms with E-state index in [0.29, 0.717) is 6.54 Å². The summed E-state index contributed by atoms with van der Waals surface area (Å²) >= 11 is 0. The number of aryl methyl sites for hydroxylation is 1. The normalized spacial score (nSPS) is 21.7. The third kappa shape index (κ3) is 5.70. The Bertz CT molecular complexity index is 655. The van der Waals surface area contributed by atoms with Crippen LogP contribution in [0.15, 0.2) is 24.3 Å². The number of amides is 3. The zero-order chi connectivity index (χ0) is 19.2. The van der Waals surface area contributed by atoms with Gasteiger partial charge in [0.1, 0.15) is 0 Å². The molecule has 2 N–H and O–H groups in total. The maximum absolute atomic E-state index is 12.6. The van der Waals surface area contributed by atoms with E-state index in [1.165, 1.54) is 18.1 Å². The molecule has 6 heteroatoms. The molecule has 0 aliphatic carbocycles. The van der Waals surface area contributed by atoms with Crippen molar-refractivity contribution in [3.05, 3.63) is 35.4 Å². The standard InChI is InChI=1S/C21H32N4O2/c1-16-6-3-4-7-18(16)14-24-12-9-19(10-13-24)23-21(27)25-11-5-8-20(15-25)22-17(2)26/h3-4,6-7,19-20H,5,8-15H2,1-2H3,(H,22,26)(H,23,27). The molecule has 0 bridgehead atoms. The first-order valence-corrected chi connectivity index (χ1v) is 10.1. The summed E-state index contributed by atoms with van der Waals surface area (Å²) in [5.41, 5.74) is 2.73. The van der Waals surface area contributed by atoms with Crippen molar-refractivity contribution in [2.75, 3.05) is 26.2 Å². The van der Waals surface area contributed by atoms with Gasteiger partial charge in [0.15, 0.2) is 0 Å². The lowest BCUT2D eigenvalue weighted by Crippen LogP contribution is -2.54. The van der Waals surface area contributed by atoms with Crippen molar-refractivity contribution in [2.45, 2.75) is 58.2 Å². The monoisotopic (exact) mass is 372 g/mol. The van der Waals surface area contributed by atoms with Crippen LogP contribution in [0.3, 0.4) is 0 Å². The molecule has 2 saturated heterocycles. The minimum atomic E-state index is -0.0247. The summed E-state index contributed by atoms with van der Waals surface area (Å²) in [5.74, 6) is -0.0247. The highest BCUT2D eigenvalue weighted by molar-refractivity contribution is 5.75. The van der Waals surface area contributed by atoms with Crippen molar-refractivity contribution in [2.24, 2.45) is 0 Å². The molecule has 148 valence electrons. The van der Waals surface area contributed by atoms with Gasteiger partial charge in [-0.3, -0.25) is 9.69 Å². The Labute approximate surface area is 162 Å². The highest BCUT2D eigenvalue weighted by Crippen LogP contribution is 2.17. The summed E-state index contributed by atoms with van der Waals surface area (Å²) in [7, 11) is 0. The molecule has 1 atom stereocenters. The van der Waals surface area contributed by atoms with Gasteiger partial charge in [0.2, 0.25) is 5.91 Å². The lowest BCUT2D eigenvalue weighted by Gasteiger charge is -2.36. The topological polar surface area (TPSA) is 64.7 Å². The molecule has 6 nitrogen and oxygen atoms in total. The van der Waals surface area contributed by atoms with Crippen molar-refractivity contribution in [1.29, 1.82) is 0 Å². The minimum Gasteiger partial charge on any atom is -0.352 e. The van der Waals surface area contributed by atoms with Gasteiger partial charge in [-0.05, 0) is 43.7 Å². The van der Waals surface area contributed by atoms with Crippen LogP contribution in [-0.4, -0.2) is 60.0 Å². The second-order valence-electron chi connectivity index (χ2n) is 7.91. The third-order valence-corrected chi connectivity index (χ3v) is 5.69. The van der Waals surface area contributed by atoms with Crippen LogP contribution in [0, 0.1) is 6.92 Å². The molecule has 3 rings (SSSR count). The average Bonchev–Trinajstić information content (AvgIpc) is 2.65. The summed E-state index contributed by atoms with van der Waals surface area (Å²) in [4.78, 5) is 28.2. The first-order chi connectivity index (χ1) is 13.0. The van der Waals surface area contributed by atoms with E-state index >= 15 is 0 Å². The number of likely N-dealkylation sites (tertiary alicyclic amines) is 2. The molecule has 1 aromatic rings. The molecule has 0 aromatic heterocycles. The Balaban J connectivity index is 1.43. The molecule has 2 aliphatic rings. The second kappa shape index (κ2) is 9.22. The van der Waals surface area contributed by atoms with Gasteiger partial charge in [-0.25, -0.2) is 4.79 Å². The Hall–Kier alpha value is -2.08. The van der Waals surface area contributed by atoms with Gasteiger partial charge in [-0.2, -0.15) is 0 Å². The van der Waals surface area contributed by atoms with Crippen LogP contribution in [0.25, 0.3) is 0 Å². The van der Waals surface area contributed by atoms with Crippen LogP contribution in [0.4, 0.5) is 4.79 Å². The van der Waals surface area contributed by atoms with E-state index in [0.717, 1.165) is 51.9 Å². The van der Waals surface area contributed by atoms with Gasteiger partial charge in [0.05, 0.1) is 0 Å². The van der Waals surface area contributed by atoms with E-state index < -0.39 is 0 Å². The van der Waals surface area contributed by atoms with Crippen LogP contribution < -0.4 is 10.6 Å². The fourth-order valence-corrected chi connectivity index (χ4v) is 4.10. The van der Waals surface area contributed by atoms with Gasteiger partial charge in [-0.15, -0.1) is 0 Å². The Morgan fingerprint density at radius 3 is 2.48 bits per heavy atom. The third-order valence-electron chi connectivity index (χ3n) is 5.69. The van der Waals surface area contributed by atoms with Crippen molar-refractivity contribution in [1.82, 2.24) is 20.4 Å². The number of piperidine rings is 2. The molecule has 0 spiro atoms. The summed E-state index contributed by atoms with van der Waals surface area (Å²) in [6, 6.07) is 8.88. The summed E-state index contributed by atoms with van der Waals surface area (Å²) in [6.45, 7) is 8.07. The molecular weight excluding hydrogens is 340 g/mol.